The van der Waals surface area contributed by atoms with Crippen molar-refractivity contribution >= 4 is 21.9 Å². The van der Waals surface area contributed by atoms with Crippen molar-refractivity contribution in [1.82, 2.24) is 19.9 Å². The van der Waals surface area contributed by atoms with Crippen molar-refractivity contribution in [3.05, 3.63) is 28.8 Å². The normalized spacial score (nSPS) is 11.6. The second kappa shape index (κ2) is 4.61. The highest BCUT2D eigenvalue weighted by molar-refractivity contribution is 9.10. The summed E-state index contributed by atoms with van der Waals surface area (Å²) in [5, 5.41) is 0. The average molecular weight is 308 g/mol. The molecular weight excluding hydrogens is 294 g/mol. The Morgan fingerprint density at radius 1 is 1.11 bits per heavy atom. The fourth-order valence-corrected chi connectivity index (χ4v) is 1.76. The number of anilines is 1. The van der Waals surface area contributed by atoms with Crippen LogP contribution in [0.15, 0.2) is 22.9 Å². The van der Waals surface area contributed by atoms with E-state index in [1.54, 1.807) is 12.4 Å². The van der Waals surface area contributed by atoms with Crippen LogP contribution in [0.2, 0.25) is 0 Å². The van der Waals surface area contributed by atoms with E-state index >= 15 is 0 Å². The van der Waals surface area contributed by atoms with E-state index in [4.69, 9.17) is 5.73 Å². The monoisotopic (exact) mass is 307 g/mol. The summed E-state index contributed by atoms with van der Waals surface area (Å²) in [5.74, 6) is 1.44. The van der Waals surface area contributed by atoms with Gasteiger partial charge in [-0.3, -0.25) is 4.98 Å². The van der Waals surface area contributed by atoms with Gasteiger partial charge < -0.3 is 5.73 Å². The Hall–Kier alpha value is -1.56. The van der Waals surface area contributed by atoms with Gasteiger partial charge in [0.05, 0.1) is 0 Å². The maximum Gasteiger partial charge on any atom is 0.223 e. The number of nitrogens with zero attached hydrogens (tertiary/aromatic N) is 4. The van der Waals surface area contributed by atoms with Crippen molar-refractivity contribution in [1.29, 1.82) is 0 Å². The molecule has 94 valence electrons. The molecule has 0 saturated heterocycles. The third kappa shape index (κ3) is 2.81. The van der Waals surface area contributed by atoms with Crippen LogP contribution in [-0.4, -0.2) is 19.9 Å². The molecule has 5 nitrogen and oxygen atoms in total. The molecule has 2 rings (SSSR count). The van der Waals surface area contributed by atoms with Crippen LogP contribution in [0.4, 0.5) is 5.95 Å². The summed E-state index contributed by atoms with van der Waals surface area (Å²) < 4.78 is 0.872. The SMILES string of the molecule is CC(C)(C)c1nc(N)nc(-c2cncc(Br)c2)n1. The lowest BCUT2D eigenvalue weighted by Crippen LogP contribution is -2.18. The predicted molar refractivity (Wildman–Crippen MR) is 73.9 cm³/mol. The van der Waals surface area contributed by atoms with Gasteiger partial charge in [-0.2, -0.15) is 9.97 Å². The summed E-state index contributed by atoms with van der Waals surface area (Å²) in [6.45, 7) is 6.10. The fourth-order valence-electron chi connectivity index (χ4n) is 1.39. The first kappa shape index (κ1) is 12.9. The van der Waals surface area contributed by atoms with Gasteiger partial charge in [-0.1, -0.05) is 20.8 Å². The van der Waals surface area contributed by atoms with Gasteiger partial charge in [-0.25, -0.2) is 4.98 Å². The van der Waals surface area contributed by atoms with E-state index in [0.29, 0.717) is 11.6 Å². The highest BCUT2D eigenvalue weighted by Crippen LogP contribution is 2.23. The third-order valence-corrected chi connectivity index (χ3v) is 2.72. The Labute approximate surface area is 114 Å². The van der Waals surface area contributed by atoms with Crippen LogP contribution in [0.25, 0.3) is 11.4 Å². The predicted octanol–water partition coefficient (Wildman–Crippen LogP) is 2.58. The Kier molecular flexibility index (Phi) is 3.30. The minimum atomic E-state index is -0.175. The second-order valence-electron chi connectivity index (χ2n) is 4.98. The first-order valence-corrected chi connectivity index (χ1v) is 6.28. The molecule has 0 amide bonds. The van der Waals surface area contributed by atoms with Gasteiger partial charge in [0, 0.05) is 27.8 Å². The lowest BCUT2D eigenvalue weighted by molar-refractivity contribution is 0.544. The van der Waals surface area contributed by atoms with Crippen LogP contribution >= 0.6 is 15.9 Å². The summed E-state index contributed by atoms with van der Waals surface area (Å²) in [5.41, 5.74) is 6.37. The zero-order valence-corrected chi connectivity index (χ0v) is 12.1. The molecule has 6 heteroatoms. The van der Waals surface area contributed by atoms with E-state index in [2.05, 4.69) is 35.9 Å². The van der Waals surface area contributed by atoms with Gasteiger partial charge in [0.15, 0.2) is 5.82 Å². The molecule has 0 fully saturated rings. The molecule has 18 heavy (non-hydrogen) atoms. The standard InChI is InChI=1S/C12H14BrN5/c1-12(2,3)10-16-9(17-11(14)18-10)7-4-8(13)6-15-5-7/h4-6H,1-3H3,(H2,14,16,17,18). The first-order valence-electron chi connectivity index (χ1n) is 5.49. The lowest BCUT2D eigenvalue weighted by atomic mass is 9.96. The molecule has 0 aliphatic heterocycles. The summed E-state index contributed by atoms with van der Waals surface area (Å²) >= 11 is 3.37. The average Bonchev–Trinajstić information content (AvgIpc) is 2.27. The number of hydrogen-bond donors (Lipinski definition) is 1. The van der Waals surface area contributed by atoms with E-state index in [-0.39, 0.29) is 11.4 Å². The van der Waals surface area contributed by atoms with Gasteiger partial charge in [0.1, 0.15) is 5.82 Å². The molecule has 0 atom stereocenters. The number of nitrogens with two attached hydrogens (primary N) is 1. The van der Waals surface area contributed by atoms with Gasteiger partial charge in [-0.05, 0) is 22.0 Å². The van der Waals surface area contributed by atoms with Crippen LogP contribution in [0, 0.1) is 0 Å². The molecule has 0 bridgehead atoms. The smallest absolute Gasteiger partial charge is 0.223 e. The van der Waals surface area contributed by atoms with Crippen LogP contribution in [0.3, 0.4) is 0 Å². The van der Waals surface area contributed by atoms with Gasteiger partial charge in [-0.15, -0.1) is 0 Å². The number of aromatic nitrogens is 4. The number of hydrogen-bond acceptors (Lipinski definition) is 5. The molecule has 0 aliphatic rings. The summed E-state index contributed by atoms with van der Waals surface area (Å²) in [7, 11) is 0. The zero-order chi connectivity index (χ0) is 13.3. The van der Waals surface area contributed by atoms with Crippen molar-refractivity contribution in [2.75, 3.05) is 5.73 Å². The van der Waals surface area contributed by atoms with Crippen LogP contribution in [0.1, 0.15) is 26.6 Å². The molecule has 2 N–H and O–H groups in total. The van der Waals surface area contributed by atoms with Crippen molar-refractivity contribution < 1.29 is 0 Å². The maximum atomic E-state index is 5.74. The van der Waals surface area contributed by atoms with E-state index < -0.39 is 0 Å². The van der Waals surface area contributed by atoms with E-state index in [0.717, 1.165) is 10.0 Å². The first-order chi connectivity index (χ1) is 8.36. The minimum absolute atomic E-state index is 0.175. The van der Waals surface area contributed by atoms with Crippen LogP contribution in [0.5, 0.6) is 0 Å². The molecule has 0 unspecified atom stereocenters. The molecular formula is C12H14BrN5. The van der Waals surface area contributed by atoms with Crippen molar-refractivity contribution in [3.63, 3.8) is 0 Å². The Morgan fingerprint density at radius 3 is 2.44 bits per heavy atom. The molecule has 2 aromatic heterocycles. The molecule has 2 heterocycles. The number of halogens is 1. The number of rotatable bonds is 1. The number of nitrogen functional groups attached to an aromatic ring is 1. The van der Waals surface area contributed by atoms with E-state index in [1.807, 2.05) is 26.8 Å². The van der Waals surface area contributed by atoms with E-state index in [1.165, 1.54) is 0 Å². The van der Waals surface area contributed by atoms with Gasteiger partial charge in [0.25, 0.3) is 0 Å². The third-order valence-electron chi connectivity index (χ3n) is 2.29. The molecule has 2 aromatic rings. The fraction of sp³-hybridized carbons (Fsp3) is 0.333. The Balaban J connectivity index is 2.55. The van der Waals surface area contributed by atoms with Crippen molar-refractivity contribution in [2.45, 2.75) is 26.2 Å². The topological polar surface area (TPSA) is 77.6 Å². The van der Waals surface area contributed by atoms with Crippen LogP contribution in [-0.2, 0) is 5.41 Å². The maximum absolute atomic E-state index is 5.74. The molecule has 0 saturated carbocycles. The highest BCUT2D eigenvalue weighted by Gasteiger charge is 2.19. The summed E-state index contributed by atoms with van der Waals surface area (Å²) in [4.78, 5) is 16.9. The van der Waals surface area contributed by atoms with Crippen molar-refractivity contribution in [3.8, 4) is 11.4 Å². The minimum Gasteiger partial charge on any atom is -0.368 e. The Morgan fingerprint density at radius 2 is 1.83 bits per heavy atom. The molecule has 0 aromatic carbocycles. The molecule has 0 aliphatic carbocycles. The van der Waals surface area contributed by atoms with Gasteiger partial charge in [0.2, 0.25) is 5.95 Å². The highest BCUT2D eigenvalue weighted by atomic mass is 79.9. The number of pyridine rings is 1. The quantitative estimate of drug-likeness (QED) is 0.876. The molecule has 0 radical (unpaired) electrons. The summed E-state index contributed by atoms with van der Waals surface area (Å²) in [6.07, 6.45) is 3.41. The summed E-state index contributed by atoms with van der Waals surface area (Å²) in [6, 6.07) is 1.90. The lowest BCUT2D eigenvalue weighted by Gasteiger charge is -2.17. The largest absolute Gasteiger partial charge is 0.368 e. The van der Waals surface area contributed by atoms with Gasteiger partial charge >= 0.3 is 0 Å². The van der Waals surface area contributed by atoms with Crippen LogP contribution < -0.4 is 5.73 Å². The second-order valence-corrected chi connectivity index (χ2v) is 5.90. The zero-order valence-electron chi connectivity index (χ0n) is 10.5. The Bertz CT molecular complexity index is 577. The molecule has 0 spiro atoms. The van der Waals surface area contributed by atoms with Crippen molar-refractivity contribution in [2.24, 2.45) is 0 Å². The van der Waals surface area contributed by atoms with E-state index in [9.17, 15) is 0 Å².